The summed E-state index contributed by atoms with van der Waals surface area (Å²) in [6.45, 7) is 0. The van der Waals surface area contributed by atoms with Gasteiger partial charge in [0.05, 0.1) is 17.5 Å². The van der Waals surface area contributed by atoms with Gasteiger partial charge in [-0.15, -0.1) is 10.2 Å². The van der Waals surface area contributed by atoms with Gasteiger partial charge in [0.1, 0.15) is 5.82 Å². The molecule has 2 rings (SSSR count). The molecule has 1 aromatic heterocycles. The predicted octanol–water partition coefficient (Wildman–Crippen LogP) is 3.04. The third-order valence-electron chi connectivity index (χ3n) is 1.78. The van der Waals surface area contributed by atoms with Crippen LogP contribution in [0.2, 0.25) is 0 Å². The van der Waals surface area contributed by atoms with Crippen molar-refractivity contribution in [2.75, 3.05) is 11.1 Å². The molecule has 86 valence electrons. The number of halogens is 1. The van der Waals surface area contributed by atoms with E-state index in [9.17, 15) is 4.39 Å². The van der Waals surface area contributed by atoms with Crippen LogP contribution in [0, 0.1) is 17.1 Å². The maximum Gasteiger partial charge on any atom is 0.210 e. The molecule has 0 amide bonds. The number of rotatable bonds is 4. The van der Waals surface area contributed by atoms with E-state index in [4.69, 9.17) is 5.26 Å². The zero-order valence-corrected chi connectivity index (χ0v) is 10.2. The summed E-state index contributed by atoms with van der Waals surface area (Å²) in [7, 11) is 0. The van der Waals surface area contributed by atoms with Gasteiger partial charge in [-0.1, -0.05) is 35.2 Å². The first-order valence-corrected chi connectivity index (χ1v) is 6.44. The van der Waals surface area contributed by atoms with Crippen molar-refractivity contribution in [1.82, 2.24) is 10.2 Å². The van der Waals surface area contributed by atoms with E-state index in [0.29, 0.717) is 20.9 Å². The van der Waals surface area contributed by atoms with Gasteiger partial charge in [-0.2, -0.15) is 5.26 Å². The van der Waals surface area contributed by atoms with Crippen molar-refractivity contribution >= 4 is 33.9 Å². The second kappa shape index (κ2) is 5.61. The van der Waals surface area contributed by atoms with Crippen LogP contribution < -0.4 is 5.32 Å². The largest absolute Gasteiger partial charge is 0.328 e. The Hall–Kier alpha value is -1.65. The third kappa shape index (κ3) is 3.15. The fourth-order valence-electron chi connectivity index (χ4n) is 1.09. The van der Waals surface area contributed by atoms with Gasteiger partial charge in [-0.3, -0.25) is 0 Å². The van der Waals surface area contributed by atoms with Crippen molar-refractivity contribution in [3.63, 3.8) is 0 Å². The molecule has 1 aromatic carbocycles. The number of benzene rings is 1. The summed E-state index contributed by atoms with van der Waals surface area (Å²) in [6, 6.07) is 8.35. The van der Waals surface area contributed by atoms with E-state index in [1.807, 2.05) is 6.07 Å². The van der Waals surface area contributed by atoms with Gasteiger partial charge in [0.2, 0.25) is 5.13 Å². The SMILES string of the molecule is N#CCSc1nnc(Nc2ccccc2F)s1. The number of hydrogen-bond donors (Lipinski definition) is 1. The highest BCUT2D eigenvalue weighted by atomic mass is 32.2. The van der Waals surface area contributed by atoms with Crippen LogP contribution in [0.5, 0.6) is 0 Å². The zero-order valence-electron chi connectivity index (χ0n) is 8.55. The zero-order chi connectivity index (χ0) is 12.1. The van der Waals surface area contributed by atoms with Crippen LogP contribution in [-0.4, -0.2) is 16.0 Å². The molecule has 0 saturated heterocycles. The highest BCUT2D eigenvalue weighted by Crippen LogP contribution is 2.27. The summed E-state index contributed by atoms with van der Waals surface area (Å²) in [4.78, 5) is 0. The minimum Gasteiger partial charge on any atom is -0.328 e. The van der Waals surface area contributed by atoms with Crippen molar-refractivity contribution in [3.05, 3.63) is 30.1 Å². The molecule has 1 heterocycles. The second-order valence-corrected chi connectivity index (χ2v) is 5.12. The van der Waals surface area contributed by atoms with Gasteiger partial charge in [0, 0.05) is 0 Å². The number of aromatic nitrogens is 2. The standard InChI is InChI=1S/C10H7FN4S2/c11-7-3-1-2-4-8(7)13-9-14-15-10(17-9)16-6-5-12/h1-4H,6H2,(H,13,14). The summed E-state index contributed by atoms with van der Waals surface area (Å²) in [5, 5.41) is 19.5. The average Bonchev–Trinajstić information content (AvgIpc) is 2.77. The van der Waals surface area contributed by atoms with Crippen LogP contribution in [0.4, 0.5) is 15.2 Å². The average molecular weight is 266 g/mol. The van der Waals surface area contributed by atoms with Crippen LogP contribution in [-0.2, 0) is 0 Å². The molecule has 0 aliphatic carbocycles. The number of para-hydroxylation sites is 1. The molecular formula is C10H7FN4S2. The molecule has 4 nitrogen and oxygen atoms in total. The molecule has 0 radical (unpaired) electrons. The number of hydrogen-bond acceptors (Lipinski definition) is 6. The molecule has 0 aliphatic heterocycles. The van der Waals surface area contributed by atoms with Crippen LogP contribution >= 0.6 is 23.1 Å². The van der Waals surface area contributed by atoms with Crippen molar-refractivity contribution < 1.29 is 4.39 Å². The van der Waals surface area contributed by atoms with Crippen molar-refractivity contribution in [2.24, 2.45) is 0 Å². The molecule has 2 aromatic rings. The van der Waals surface area contributed by atoms with E-state index in [2.05, 4.69) is 15.5 Å². The normalized spacial score (nSPS) is 9.88. The first-order valence-electron chi connectivity index (χ1n) is 4.64. The summed E-state index contributed by atoms with van der Waals surface area (Å²) in [6.07, 6.45) is 0. The highest BCUT2D eigenvalue weighted by Gasteiger charge is 2.06. The van der Waals surface area contributed by atoms with Gasteiger partial charge in [-0.25, -0.2) is 4.39 Å². The van der Waals surface area contributed by atoms with Crippen LogP contribution in [0.15, 0.2) is 28.6 Å². The Labute approximate surface area is 105 Å². The van der Waals surface area contributed by atoms with Crippen LogP contribution in [0.25, 0.3) is 0 Å². The number of anilines is 2. The van der Waals surface area contributed by atoms with E-state index >= 15 is 0 Å². The quantitative estimate of drug-likeness (QED) is 0.862. The summed E-state index contributed by atoms with van der Waals surface area (Å²) in [5.41, 5.74) is 0.362. The van der Waals surface area contributed by atoms with Gasteiger partial charge in [-0.05, 0) is 12.1 Å². The topological polar surface area (TPSA) is 61.6 Å². The maximum absolute atomic E-state index is 13.3. The van der Waals surface area contributed by atoms with E-state index in [-0.39, 0.29) is 5.82 Å². The monoisotopic (exact) mass is 266 g/mol. The van der Waals surface area contributed by atoms with Gasteiger partial charge in [0.15, 0.2) is 4.34 Å². The molecule has 17 heavy (non-hydrogen) atoms. The van der Waals surface area contributed by atoms with E-state index in [0.717, 1.165) is 0 Å². The molecule has 0 aliphatic rings. The van der Waals surface area contributed by atoms with Crippen LogP contribution in [0.1, 0.15) is 0 Å². The fraction of sp³-hybridized carbons (Fsp3) is 0.100. The Kier molecular flexibility index (Phi) is 3.90. The molecule has 0 saturated carbocycles. The Bertz CT molecular complexity index is 549. The number of nitriles is 1. The first kappa shape index (κ1) is 11.8. The number of nitrogens with zero attached hydrogens (tertiary/aromatic N) is 3. The molecule has 7 heteroatoms. The third-order valence-corrected chi connectivity index (χ3v) is 3.62. The minimum absolute atomic E-state index is 0.328. The van der Waals surface area contributed by atoms with Gasteiger partial charge in [0.25, 0.3) is 0 Å². The Morgan fingerprint density at radius 3 is 3.00 bits per heavy atom. The second-order valence-electron chi connectivity index (χ2n) is 2.92. The number of thioether (sulfide) groups is 1. The van der Waals surface area contributed by atoms with Crippen molar-refractivity contribution in [1.29, 1.82) is 5.26 Å². The van der Waals surface area contributed by atoms with Crippen molar-refractivity contribution in [2.45, 2.75) is 4.34 Å². The lowest BCUT2D eigenvalue weighted by Crippen LogP contribution is -1.92. The molecular weight excluding hydrogens is 259 g/mol. The maximum atomic E-state index is 13.3. The summed E-state index contributed by atoms with van der Waals surface area (Å²) >= 11 is 2.59. The van der Waals surface area contributed by atoms with E-state index in [1.165, 1.54) is 29.2 Å². The smallest absolute Gasteiger partial charge is 0.210 e. The lowest BCUT2D eigenvalue weighted by molar-refractivity contribution is 0.632. The molecule has 0 spiro atoms. The van der Waals surface area contributed by atoms with Gasteiger partial charge < -0.3 is 5.32 Å². The molecule has 0 atom stereocenters. The molecule has 1 N–H and O–H groups in total. The lowest BCUT2D eigenvalue weighted by Gasteiger charge is -2.01. The predicted molar refractivity (Wildman–Crippen MR) is 65.9 cm³/mol. The van der Waals surface area contributed by atoms with Crippen molar-refractivity contribution in [3.8, 4) is 6.07 Å². The molecule has 0 bridgehead atoms. The summed E-state index contributed by atoms with van der Waals surface area (Å²) < 4.78 is 14.0. The highest BCUT2D eigenvalue weighted by molar-refractivity contribution is 8.01. The minimum atomic E-state index is -0.339. The Balaban J connectivity index is 2.07. The first-order chi connectivity index (χ1) is 8.29. The summed E-state index contributed by atoms with van der Waals surface area (Å²) in [5.74, 6) is -0.0112. The molecule has 0 fully saturated rings. The lowest BCUT2D eigenvalue weighted by atomic mass is 10.3. The van der Waals surface area contributed by atoms with Gasteiger partial charge >= 0.3 is 0 Å². The fourth-order valence-corrected chi connectivity index (χ4v) is 2.52. The molecule has 0 unspecified atom stereocenters. The Morgan fingerprint density at radius 2 is 2.24 bits per heavy atom. The van der Waals surface area contributed by atoms with E-state index in [1.54, 1.807) is 18.2 Å². The Morgan fingerprint density at radius 1 is 1.41 bits per heavy atom. The van der Waals surface area contributed by atoms with E-state index < -0.39 is 0 Å². The van der Waals surface area contributed by atoms with Crippen LogP contribution in [0.3, 0.4) is 0 Å². The number of nitrogens with one attached hydrogen (secondary N) is 1.